The monoisotopic (exact) mass is 461 g/mol. The molecule has 0 aliphatic carbocycles. The number of nitro benzene ring substituents is 1. The maximum atomic E-state index is 12.2. The number of nitrogens with zero attached hydrogens (tertiary/aromatic N) is 1. The first-order valence-corrected chi connectivity index (χ1v) is 8.79. The first kappa shape index (κ1) is 23.7. The summed E-state index contributed by atoms with van der Waals surface area (Å²) in [5.41, 5.74) is -0.375. The van der Waals surface area contributed by atoms with Gasteiger partial charge in [0.1, 0.15) is 6.54 Å². The number of methoxy groups -OCH3 is 1. The van der Waals surface area contributed by atoms with Crippen molar-refractivity contribution in [1.29, 1.82) is 0 Å². The second-order valence-corrected chi connectivity index (χ2v) is 6.35. The van der Waals surface area contributed by atoms with Crippen LogP contribution in [0.5, 0.6) is 17.2 Å². The number of rotatable bonds is 8. The van der Waals surface area contributed by atoms with E-state index in [2.05, 4.69) is 5.32 Å². The maximum Gasteiger partial charge on any atom is 0.405 e. The van der Waals surface area contributed by atoms with E-state index < -0.39 is 36.0 Å². The zero-order valence-corrected chi connectivity index (χ0v) is 16.5. The summed E-state index contributed by atoms with van der Waals surface area (Å²) in [7, 11) is 1.27. The van der Waals surface area contributed by atoms with Gasteiger partial charge >= 0.3 is 11.9 Å². The summed E-state index contributed by atoms with van der Waals surface area (Å²) >= 11 is 5.76. The zero-order chi connectivity index (χ0) is 23.2. The standard InChI is InChI=1S/C18H15ClF3N3O6/c1-30-15-6-10(17(27)23-8-16(26)24-9-18(20,21)22)2-4-14(15)31-13-5-3-11(19)7-12(13)25(28)29/h2-7H,8-9H2,1H3,(H,23,27)(H,24,26). The molecule has 166 valence electrons. The number of hydrogen-bond donors (Lipinski definition) is 2. The van der Waals surface area contributed by atoms with Gasteiger partial charge in [-0.05, 0) is 30.3 Å². The van der Waals surface area contributed by atoms with Crippen molar-refractivity contribution < 1.29 is 37.2 Å². The number of nitro groups is 1. The Bertz CT molecular complexity index is 1000. The Balaban J connectivity index is 2.10. The fraction of sp³-hybridized carbons (Fsp3) is 0.222. The third-order valence-electron chi connectivity index (χ3n) is 3.66. The fourth-order valence-corrected chi connectivity index (χ4v) is 2.42. The van der Waals surface area contributed by atoms with Gasteiger partial charge in [0.15, 0.2) is 11.5 Å². The Labute approximate surface area is 178 Å². The summed E-state index contributed by atoms with van der Waals surface area (Å²) in [6.45, 7) is -2.19. The number of ether oxygens (including phenoxy) is 2. The third-order valence-corrected chi connectivity index (χ3v) is 3.89. The first-order valence-electron chi connectivity index (χ1n) is 8.41. The summed E-state index contributed by atoms with van der Waals surface area (Å²) in [4.78, 5) is 34.0. The van der Waals surface area contributed by atoms with Crippen molar-refractivity contribution in [1.82, 2.24) is 10.6 Å². The molecule has 31 heavy (non-hydrogen) atoms. The average molecular weight is 462 g/mol. The molecule has 0 aliphatic rings. The molecule has 0 saturated heterocycles. The highest BCUT2D eigenvalue weighted by molar-refractivity contribution is 6.30. The molecule has 0 atom stereocenters. The van der Waals surface area contributed by atoms with Crippen molar-refractivity contribution >= 4 is 29.1 Å². The molecule has 2 N–H and O–H groups in total. The number of amides is 2. The second kappa shape index (κ2) is 9.98. The van der Waals surface area contributed by atoms with Crippen LogP contribution in [0.3, 0.4) is 0 Å². The van der Waals surface area contributed by atoms with Crippen molar-refractivity contribution in [2.75, 3.05) is 20.2 Å². The maximum absolute atomic E-state index is 12.2. The van der Waals surface area contributed by atoms with E-state index in [9.17, 15) is 32.9 Å². The van der Waals surface area contributed by atoms with Crippen LogP contribution in [-0.2, 0) is 4.79 Å². The van der Waals surface area contributed by atoms with Gasteiger partial charge in [-0.1, -0.05) is 11.6 Å². The Morgan fingerprint density at radius 1 is 1.10 bits per heavy atom. The van der Waals surface area contributed by atoms with Crippen LogP contribution in [0.1, 0.15) is 10.4 Å². The summed E-state index contributed by atoms with van der Waals surface area (Å²) in [6, 6.07) is 7.61. The van der Waals surface area contributed by atoms with Gasteiger partial charge in [-0.3, -0.25) is 19.7 Å². The quantitative estimate of drug-likeness (QED) is 0.459. The van der Waals surface area contributed by atoms with Crippen molar-refractivity contribution in [2.24, 2.45) is 0 Å². The second-order valence-electron chi connectivity index (χ2n) is 5.91. The van der Waals surface area contributed by atoms with Crippen LogP contribution in [-0.4, -0.2) is 43.1 Å². The highest BCUT2D eigenvalue weighted by Gasteiger charge is 2.27. The van der Waals surface area contributed by atoms with E-state index in [1.807, 2.05) is 0 Å². The Morgan fingerprint density at radius 3 is 2.39 bits per heavy atom. The molecule has 0 heterocycles. The minimum atomic E-state index is -4.57. The van der Waals surface area contributed by atoms with E-state index >= 15 is 0 Å². The molecule has 0 spiro atoms. The number of alkyl halides is 3. The van der Waals surface area contributed by atoms with E-state index in [1.54, 1.807) is 5.32 Å². The largest absolute Gasteiger partial charge is 0.493 e. The van der Waals surface area contributed by atoms with Crippen LogP contribution in [0.2, 0.25) is 5.02 Å². The van der Waals surface area contributed by atoms with Crippen LogP contribution in [0, 0.1) is 10.1 Å². The smallest absolute Gasteiger partial charge is 0.405 e. The summed E-state index contributed by atoms with van der Waals surface area (Å²) < 4.78 is 46.9. The molecular weight excluding hydrogens is 447 g/mol. The van der Waals surface area contributed by atoms with Crippen molar-refractivity contribution in [3.05, 3.63) is 57.1 Å². The molecule has 0 unspecified atom stereocenters. The van der Waals surface area contributed by atoms with E-state index in [0.717, 1.165) is 6.07 Å². The topological polar surface area (TPSA) is 120 Å². The molecule has 0 bridgehead atoms. The highest BCUT2D eigenvalue weighted by atomic mass is 35.5. The van der Waals surface area contributed by atoms with Gasteiger partial charge in [-0.2, -0.15) is 13.2 Å². The number of carbonyl (C=O) groups excluding carboxylic acids is 2. The normalized spacial score (nSPS) is 10.9. The fourth-order valence-electron chi connectivity index (χ4n) is 2.26. The third kappa shape index (κ3) is 7.03. The van der Waals surface area contributed by atoms with E-state index in [-0.39, 0.29) is 33.5 Å². The zero-order valence-electron chi connectivity index (χ0n) is 15.8. The van der Waals surface area contributed by atoms with Gasteiger partial charge in [-0.25, -0.2) is 0 Å². The summed E-state index contributed by atoms with van der Waals surface area (Å²) in [5.74, 6) is -1.81. The van der Waals surface area contributed by atoms with Crippen LogP contribution in [0.15, 0.2) is 36.4 Å². The number of halogens is 4. The number of hydrogen-bond acceptors (Lipinski definition) is 6. The molecule has 0 fully saturated rings. The number of benzene rings is 2. The van der Waals surface area contributed by atoms with Crippen LogP contribution < -0.4 is 20.1 Å². The van der Waals surface area contributed by atoms with Crippen LogP contribution in [0.4, 0.5) is 18.9 Å². The lowest BCUT2D eigenvalue weighted by Crippen LogP contribution is -2.40. The minimum absolute atomic E-state index is 0.0124. The predicted molar refractivity (Wildman–Crippen MR) is 103 cm³/mol. The molecule has 0 aliphatic heterocycles. The lowest BCUT2D eigenvalue weighted by molar-refractivity contribution is -0.385. The van der Waals surface area contributed by atoms with Crippen LogP contribution in [0.25, 0.3) is 0 Å². The SMILES string of the molecule is COc1cc(C(=O)NCC(=O)NCC(F)(F)F)ccc1Oc1ccc(Cl)cc1[N+](=O)[O-]. The Hall–Kier alpha value is -3.54. The van der Waals surface area contributed by atoms with E-state index in [1.165, 1.54) is 37.4 Å². The van der Waals surface area contributed by atoms with Gasteiger partial charge in [0, 0.05) is 16.7 Å². The number of carbonyl (C=O) groups is 2. The van der Waals surface area contributed by atoms with Gasteiger partial charge in [0.2, 0.25) is 11.7 Å². The van der Waals surface area contributed by atoms with E-state index in [0.29, 0.717) is 0 Å². The Morgan fingerprint density at radius 2 is 1.77 bits per heavy atom. The van der Waals surface area contributed by atoms with Gasteiger partial charge < -0.3 is 20.1 Å². The van der Waals surface area contributed by atoms with Crippen molar-refractivity contribution in [2.45, 2.75) is 6.18 Å². The lowest BCUT2D eigenvalue weighted by atomic mass is 10.2. The molecule has 2 aromatic rings. The first-order chi connectivity index (χ1) is 14.5. The predicted octanol–water partition coefficient (Wildman–Crippen LogP) is 3.46. The minimum Gasteiger partial charge on any atom is -0.493 e. The molecule has 2 aromatic carbocycles. The van der Waals surface area contributed by atoms with Gasteiger partial charge in [0.25, 0.3) is 5.91 Å². The summed E-state index contributed by atoms with van der Waals surface area (Å²) in [6.07, 6.45) is -4.57. The molecule has 2 amide bonds. The highest BCUT2D eigenvalue weighted by Crippen LogP contribution is 2.37. The molecule has 0 saturated carbocycles. The van der Waals surface area contributed by atoms with Crippen LogP contribution >= 0.6 is 11.6 Å². The van der Waals surface area contributed by atoms with Gasteiger partial charge in [-0.15, -0.1) is 0 Å². The molecule has 0 aromatic heterocycles. The average Bonchev–Trinajstić information content (AvgIpc) is 2.71. The molecule has 13 heteroatoms. The Kier molecular flexibility index (Phi) is 7.64. The van der Waals surface area contributed by atoms with Crippen molar-refractivity contribution in [3.8, 4) is 17.2 Å². The number of nitrogens with one attached hydrogen (secondary N) is 2. The molecule has 9 nitrogen and oxygen atoms in total. The van der Waals surface area contributed by atoms with E-state index in [4.69, 9.17) is 21.1 Å². The molecular formula is C18H15ClF3N3O6. The molecule has 0 radical (unpaired) electrons. The van der Waals surface area contributed by atoms with Crippen molar-refractivity contribution in [3.63, 3.8) is 0 Å². The summed E-state index contributed by atoms with van der Waals surface area (Å²) in [5, 5.41) is 15.1. The van der Waals surface area contributed by atoms with Gasteiger partial charge in [0.05, 0.1) is 18.6 Å². The molecule has 2 rings (SSSR count). The lowest BCUT2D eigenvalue weighted by Gasteiger charge is -2.13.